The Hall–Kier alpha value is -0.540. The van der Waals surface area contributed by atoms with E-state index in [2.05, 4.69) is 65.1 Å². The predicted molar refractivity (Wildman–Crippen MR) is 82.2 cm³/mol. The van der Waals surface area contributed by atoms with Crippen molar-refractivity contribution in [2.75, 3.05) is 18.0 Å². The summed E-state index contributed by atoms with van der Waals surface area (Å²) in [4.78, 5) is 2.50. The van der Waals surface area contributed by atoms with Gasteiger partial charge in [-0.2, -0.15) is 0 Å². The second-order valence-electron chi connectivity index (χ2n) is 6.07. The van der Waals surface area contributed by atoms with Gasteiger partial charge in [-0.05, 0) is 51.3 Å². The second kappa shape index (κ2) is 5.62. The summed E-state index contributed by atoms with van der Waals surface area (Å²) in [5, 5.41) is 3.58. The monoisotopic (exact) mass is 310 g/mol. The maximum atomic E-state index is 3.59. The van der Waals surface area contributed by atoms with E-state index in [4.69, 9.17) is 0 Å². The summed E-state index contributed by atoms with van der Waals surface area (Å²) in [6, 6.07) is 6.63. The normalized spacial score (nSPS) is 16.3. The Kier molecular flexibility index (Phi) is 4.33. The fraction of sp³-hybridized carbons (Fsp3) is 0.600. The highest BCUT2D eigenvalue weighted by Gasteiger charge is 2.17. The number of anilines is 1. The lowest BCUT2D eigenvalue weighted by atomic mass is 10.1. The Labute approximate surface area is 119 Å². The van der Waals surface area contributed by atoms with Crippen molar-refractivity contribution in [2.45, 2.75) is 45.7 Å². The molecule has 100 valence electrons. The third-order valence-electron chi connectivity index (χ3n) is 3.30. The molecule has 1 aliphatic rings. The average Bonchev–Trinajstić information content (AvgIpc) is 2.79. The lowest BCUT2D eigenvalue weighted by molar-refractivity contribution is 0.424. The standard InChI is InChI=1S/C15H23BrN2/c1-15(2,3)17-11-12-6-7-13(16)10-14(12)18-8-4-5-9-18/h6-7,10,17H,4-5,8-9,11H2,1-3H3. The first-order valence-corrected chi connectivity index (χ1v) is 7.53. The fourth-order valence-electron chi connectivity index (χ4n) is 2.30. The van der Waals surface area contributed by atoms with Gasteiger partial charge >= 0.3 is 0 Å². The van der Waals surface area contributed by atoms with E-state index in [1.165, 1.54) is 41.7 Å². The largest absolute Gasteiger partial charge is 0.371 e. The van der Waals surface area contributed by atoms with Crippen LogP contribution in [-0.2, 0) is 6.54 Å². The molecular weight excluding hydrogens is 288 g/mol. The number of hydrogen-bond acceptors (Lipinski definition) is 2. The minimum atomic E-state index is 0.162. The molecule has 0 radical (unpaired) electrons. The van der Waals surface area contributed by atoms with Gasteiger partial charge in [0.15, 0.2) is 0 Å². The number of nitrogens with one attached hydrogen (secondary N) is 1. The molecule has 0 amide bonds. The van der Waals surface area contributed by atoms with E-state index in [1.54, 1.807) is 0 Å². The smallest absolute Gasteiger partial charge is 0.0423 e. The summed E-state index contributed by atoms with van der Waals surface area (Å²) in [7, 11) is 0. The first-order valence-electron chi connectivity index (χ1n) is 6.74. The van der Waals surface area contributed by atoms with E-state index >= 15 is 0 Å². The van der Waals surface area contributed by atoms with Gasteiger partial charge in [0.2, 0.25) is 0 Å². The Balaban J connectivity index is 2.17. The molecule has 1 aromatic carbocycles. The van der Waals surface area contributed by atoms with E-state index in [-0.39, 0.29) is 5.54 Å². The molecule has 0 atom stereocenters. The maximum Gasteiger partial charge on any atom is 0.0423 e. The zero-order valence-corrected chi connectivity index (χ0v) is 13.2. The van der Waals surface area contributed by atoms with Crippen molar-refractivity contribution < 1.29 is 0 Å². The molecule has 1 saturated heterocycles. The lowest BCUT2D eigenvalue weighted by Gasteiger charge is -2.25. The Morgan fingerprint density at radius 1 is 1.22 bits per heavy atom. The van der Waals surface area contributed by atoms with Crippen LogP contribution in [-0.4, -0.2) is 18.6 Å². The summed E-state index contributed by atoms with van der Waals surface area (Å²) in [6.07, 6.45) is 2.64. The van der Waals surface area contributed by atoms with Crippen LogP contribution in [0.4, 0.5) is 5.69 Å². The van der Waals surface area contributed by atoms with Crippen molar-refractivity contribution in [3.05, 3.63) is 28.2 Å². The van der Waals surface area contributed by atoms with E-state index in [0.29, 0.717) is 0 Å². The van der Waals surface area contributed by atoms with Gasteiger partial charge in [0.05, 0.1) is 0 Å². The van der Waals surface area contributed by atoms with Crippen molar-refractivity contribution in [1.29, 1.82) is 0 Å². The van der Waals surface area contributed by atoms with E-state index in [0.717, 1.165) is 6.54 Å². The van der Waals surface area contributed by atoms with Crippen LogP contribution < -0.4 is 10.2 Å². The number of hydrogen-bond donors (Lipinski definition) is 1. The highest BCUT2D eigenvalue weighted by Crippen LogP contribution is 2.28. The molecule has 1 aliphatic heterocycles. The summed E-state index contributed by atoms with van der Waals surface area (Å²) in [5.74, 6) is 0. The molecule has 0 unspecified atom stereocenters. The molecule has 0 spiro atoms. The van der Waals surface area contributed by atoms with Crippen molar-refractivity contribution in [2.24, 2.45) is 0 Å². The van der Waals surface area contributed by atoms with Crippen LogP contribution in [0.1, 0.15) is 39.2 Å². The van der Waals surface area contributed by atoms with Crippen LogP contribution in [0.15, 0.2) is 22.7 Å². The summed E-state index contributed by atoms with van der Waals surface area (Å²) >= 11 is 3.59. The van der Waals surface area contributed by atoms with Crippen LogP contribution >= 0.6 is 15.9 Å². The van der Waals surface area contributed by atoms with Crippen LogP contribution in [0, 0.1) is 0 Å². The molecule has 0 saturated carbocycles. The molecule has 1 fully saturated rings. The van der Waals surface area contributed by atoms with Gasteiger partial charge in [0, 0.05) is 35.3 Å². The number of benzene rings is 1. The van der Waals surface area contributed by atoms with Crippen LogP contribution in [0.2, 0.25) is 0 Å². The van der Waals surface area contributed by atoms with Gasteiger partial charge < -0.3 is 10.2 Å². The first kappa shape index (κ1) is 13.9. The van der Waals surface area contributed by atoms with Crippen LogP contribution in [0.5, 0.6) is 0 Å². The Morgan fingerprint density at radius 2 is 1.89 bits per heavy atom. The zero-order valence-electron chi connectivity index (χ0n) is 11.6. The molecular formula is C15H23BrN2. The molecule has 3 heteroatoms. The summed E-state index contributed by atoms with van der Waals surface area (Å²) < 4.78 is 1.17. The molecule has 0 aromatic heterocycles. The highest BCUT2D eigenvalue weighted by atomic mass is 79.9. The third-order valence-corrected chi connectivity index (χ3v) is 3.80. The van der Waals surface area contributed by atoms with Gasteiger partial charge in [-0.25, -0.2) is 0 Å². The fourth-order valence-corrected chi connectivity index (χ4v) is 2.65. The number of rotatable bonds is 3. The number of halogens is 1. The van der Waals surface area contributed by atoms with Crippen molar-refractivity contribution in [3.63, 3.8) is 0 Å². The molecule has 18 heavy (non-hydrogen) atoms. The molecule has 2 rings (SSSR count). The minimum Gasteiger partial charge on any atom is -0.371 e. The van der Waals surface area contributed by atoms with Crippen molar-refractivity contribution >= 4 is 21.6 Å². The van der Waals surface area contributed by atoms with E-state index in [9.17, 15) is 0 Å². The minimum absolute atomic E-state index is 0.162. The lowest BCUT2D eigenvalue weighted by Crippen LogP contribution is -2.35. The average molecular weight is 311 g/mol. The summed E-state index contributed by atoms with van der Waals surface area (Å²) in [6.45, 7) is 9.95. The van der Waals surface area contributed by atoms with Gasteiger partial charge in [0.25, 0.3) is 0 Å². The van der Waals surface area contributed by atoms with E-state index in [1.807, 2.05) is 0 Å². The van der Waals surface area contributed by atoms with Crippen molar-refractivity contribution in [1.82, 2.24) is 5.32 Å². The Morgan fingerprint density at radius 3 is 2.50 bits per heavy atom. The van der Waals surface area contributed by atoms with Crippen LogP contribution in [0.3, 0.4) is 0 Å². The molecule has 1 aromatic rings. The van der Waals surface area contributed by atoms with Gasteiger partial charge in [-0.15, -0.1) is 0 Å². The Bertz CT molecular complexity index is 403. The second-order valence-corrected chi connectivity index (χ2v) is 6.99. The first-order chi connectivity index (χ1) is 8.46. The molecule has 2 nitrogen and oxygen atoms in total. The predicted octanol–water partition coefficient (Wildman–Crippen LogP) is 3.94. The molecule has 0 bridgehead atoms. The van der Waals surface area contributed by atoms with Gasteiger partial charge in [-0.3, -0.25) is 0 Å². The highest BCUT2D eigenvalue weighted by molar-refractivity contribution is 9.10. The SMILES string of the molecule is CC(C)(C)NCc1ccc(Br)cc1N1CCCC1. The third kappa shape index (κ3) is 3.72. The van der Waals surface area contributed by atoms with E-state index < -0.39 is 0 Å². The molecule has 1 N–H and O–H groups in total. The van der Waals surface area contributed by atoms with Crippen LogP contribution in [0.25, 0.3) is 0 Å². The number of nitrogens with zero attached hydrogens (tertiary/aromatic N) is 1. The van der Waals surface area contributed by atoms with Gasteiger partial charge in [0.1, 0.15) is 0 Å². The topological polar surface area (TPSA) is 15.3 Å². The molecule has 1 heterocycles. The summed E-state index contributed by atoms with van der Waals surface area (Å²) in [5.41, 5.74) is 2.95. The quantitative estimate of drug-likeness (QED) is 0.909. The van der Waals surface area contributed by atoms with Crippen molar-refractivity contribution in [3.8, 4) is 0 Å². The maximum absolute atomic E-state index is 3.59. The molecule has 0 aliphatic carbocycles. The van der Waals surface area contributed by atoms with Gasteiger partial charge in [-0.1, -0.05) is 22.0 Å². The zero-order chi connectivity index (χ0) is 13.2.